The van der Waals surface area contributed by atoms with Crippen molar-refractivity contribution in [1.29, 1.82) is 0 Å². The second-order valence-corrected chi connectivity index (χ2v) is 10.7. The van der Waals surface area contributed by atoms with E-state index >= 15 is 0 Å². The number of piperazine rings is 1. The van der Waals surface area contributed by atoms with E-state index in [0.29, 0.717) is 37.7 Å². The zero-order valence-corrected chi connectivity index (χ0v) is 19.7. The smallest absolute Gasteiger partial charge is 0.255 e. The lowest BCUT2D eigenvalue weighted by Crippen LogP contribution is -2.48. The number of sulfonamides is 1. The van der Waals surface area contributed by atoms with Crippen LogP contribution in [0, 0.1) is 6.92 Å². The van der Waals surface area contributed by atoms with Crippen LogP contribution in [0.25, 0.3) is 0 Å². The molecule has 31 heavy (non-hydrogen) atoms. The Morgan fingerprint density at radius 1 is 1.03 bits per heavy atom. The minimum absolute atomic E-state index is 0.110. The lowest BCUT2D eigenvalue weighted by atomic mass is 9.98. The Kier molecular flexibility index (Phi) is 7.51. The highest BCUT2D eigenvalue weighted by atomic mass is 32.2. The second kappa shape index (κ2) is 9.94. The number of hydrogen-bond donors (Lipinski definition) is 1. The Bertz CT molecular complexity index is 1010. The summed E-state index contributed by atoms with van der Waals surface area (Å²) in [4.78, 5) is 15.1. The van der Waals surface area contributed by atoms with Crippen molar-refractivity contribution in [3.63, 3.8) is 0 Å². The highest BCUT2D eigenvalue weighted by molar-refractivity contribution is 7.89. The monoisotopic (exact) mass is 443 g/mol. The third kappa shape index (κ3) is 5.73. The van der Waals surface area contributed by atoms with Crippen molar-refractivity contribution in [2.75, 3.05) is 37.2 Å². The largest absolute Gasteiger partial charge is 0.321 e. The minimum Gasteiger partial charge on any atom is -0.321 e. The van der Waals surface area contributed by atoms with Gasteiger partial charge in [-0.25, -0.2) is 8.42 Å². The molecule has 0 atom stereocenters. The predicted octanol–water partition coefficient (Wildman–Crippen LogP) is 3.84. The molecule has 2 aromatic carbocycles. The molecule has 1 N–H and O–H groups in total. The van der Waals surface area contributed by atoms with Gasteiger partial charge in [-0.2, -0.15) is 4.31 Å². The number of nitrogens with zero attached hydrogens (tertiary/aromatic N) is 2. The maximum absolute atomic E-state index is 12.8. The molecule has 1 heterocycles. The first-order chi connectivity index (χ1) is 14.7. The minimum atomic E-state index is -3.11. The van der Waals surface area contributed by atoms with Crippen LogP contribution in [0.15, 0.2) is 42.5 Å². The standard InChI is InChI=1S/C24H33N3O3S/c1-5-31(29,30)27-15-13-26(14-16-27)17-20-9-11-21(12-10-20)24(28)25-23-19(4)7-6-8-22(23)18(2)3/h6-12,18H,5,13-17H2,1-4H3,(H,25,28). The van der Waals surface area contributed by atoms with E-state index in [9.17, 15) is 13.2 Å². The van der Waals surface area contributed by atoms with Crippen LogP contribution in [0.2, 0.25) is 0 Å². The van der Waals surface area contributed by atoms with Gasteiger partial charge in [-0.3, -0.25) is 9.69 Å². The summed E-state index contributed by atoms with van der Waals surface area (Å²) in [6.07, 6.45) is 0. The van der Waals surface area contributed by atoms with Crippen LogP contribution in [-0.4, -0.2) is 55.5 Å². The summed E-state index contributed by atoms with van der Waals surface area (Å²) in [7, 11) is -3.11. The molecule has 1 amide bonds. The van der Waals surface area contributed by atoms with Crippen molar-refractivity contribution < 1.29 is 13.2 Å². The van der Waals surface area contributed by atoms with Crippen molar-refractivity contribution in [3.8, 4) is 0 Å². The molecular formula is C24H33N3O3S. The lowest BCUT2D eigenvalue weighted by Gasteiger charge is -2.33. The summed E-state index contributed by atoms with van der Waals surface area (Å²) in [6.45, 7) is 11.2. The van der Waals surface area contributed by atoms with Crippen molar-refractivity contribution in [3.05, 3.63) is 64.7 Å². The molecule has 3 rings (SSSR count). The highest BCUT2D eigenvalue weighted by Crippen LogP contribution is 2.28. The van der Waals surface area contributed by atoms with Crippen molar-refractivity contribution >= 4 is 21.6 Å². The number of rotatable bonds is 7. The molecule has 0 aromatic heterocycles. The third-order valence-corrected chi connectivity index (χ3v) is 7.76. The molecule has 168 valence electrons. The zero-order valence-electron chi connectivity index (χ0n) is 18.9. The topological polar surface area (TPSA) is 69.7 Å². The van der Waals surface area contributed by atoms with Crippen LogP contribution < -0.4 is 5.32 Å². The van der Waals surface area contributed by atoms with E-state index in [0.717, 1.165) is 28.9 Å². The predicted molar refractivity (Wildman–Crippen MR) is 126 cm³/mol. The molecule has 1 fully saturated rings. The first kappa shape index (κ1) is 23.4. The molecule has 0 bridgehead atoms. The number of para-hydroxylation sites is 1. The molecule has 7 heteroatoms. The van der Waals surface area contributed by atoms with Gasteiger partial charge in [0.15, 0.2) is 0 Å². The Labute approximate surface area is 186 Å². The fourth-order valence-corrected chi connectivity index (χ4v) is 4.98. The summed E-state index contributed by atoms with van der Waals surface area (Å²) in [5.41, 5.74) is 4.82. The average molecular weight is 444 g/mol. The molecule has 1 aliphatic rings. The number of hydrogen-bond acceptors (Lipinski definition) is 4. The van der Waals surface area contributed by atoms with Gasteiger partial charge in [0.05, 0.1) is 5.75 Å². The van der Waals surface area contributed by atoms with Gasteiger partial charge in [-0.05, 0) is 48.6 Å². The van der Waals surface area contributed by atoms with Crippen molar-refractivity contribution in [2.24, 2.45) is 0 Å². The van der Waals surface area contributed by atoms with Crippen molar-refractivity contribution in [1.82, 2.24) is 9.21 Å². The first-order valence-electron chi connectivity index (χ1n) is 10.9. The van der Waals surface area contributed by atoms with Crippen molar-refractivity contribution in [2.45, 2.75) is 40.2 Å². The van der Waals surface area contributed by atoms with E-state index < -0.39 is 10.0 Å². The molecule has 0 spiro atoms. The number of nitrogens with one attached hydrogen (secondary N) is 1. The number of anilines is 1. The van der Waals surface area contributed by atoms with Crippen LogP contribution >= 0.6 is 0 Å². The first-order valence-corrected chi connectivity index (χ1v) is 12.5. The molecule has 0 saturated carbocycles. The van der Waals surface area contributed by atoms with E-state index in [2.05, 4.69) is 30.1 Å². The summed E-state index contributed by atoms with van der Waals surface area (Å²) in [5.74, 6) is 0.365. The zero-order chi connectivity index (χ0) is 22.6. The Morgan fingerprint density at radius 3 is 2.26 bits per heavy atom. The molecule has 1 saturated heterocycles. The number of carbonyl (C=O) groups is 1. The van der Waals surface area contributed by atoms with Gasteiger partial charge in [0.1, 0.15) is 0 Å². The SMILES string of the molecule is CCS(=O)(=O)N1CCN(Cc2ccc(C(=O)Nc3c(C)cccc3C(C)C)cc2)CC1. The third-order valence-electron chi connectivity index (χ3n) is 5.88. The Hall–Kier alpha value is -2.22. The van der Waals surface area contributed by atoms with Crippen LogP contribution in [0.4, 0.5) is 5.69 Å². The molecular weight excluding hydrogens is 410 g/mol. The van der Waals surface area contributed by atoms with E-state index in [4.69, 9.17) is 0 Å². The van der Waals surface area contributed by atoms with Crippen LogP contribution in [0.5, 0.6) is 0 Å². The van der Waals surface area contributed by atoms with Gasteiger partial charge >= 0.3 is 0 Å². The van der Waals surface area contributed by atoms with E-state index in [1.54, 1.807) is 11.2 Å². The van der Waals surface area contributed by atoms with E-state index in [1.807, 2.05) is 43.3 Å². The molecule has 2 aromatic rings. The fraction of sp³-hybridized carbons (Fsp3) is 0.458. The summed E-state index contributed by atoms with van der Waals surface area (Å²) < 4.78 is 25.6. The number of benzene rings is 2. The molecule has 1 aliphatic heterocycles. The van der Waals surface area contributed by atoms with Gasteiger partial charge in [-0.1, -0.05) is 44.2 Å². The molecule has 6 nitrogen and oxygen atoms in total. The number of amides is 1. The Balaban J connectivity index is 1.61. The Morgan fingerprint density at radius 2 is 1.68 bits per heavy atom. The fourth-order valence-electron chi connectivity index (χ4n) is 3.90. The second-order valence-electron chi connectivity index (χ2n) is 8.42. The number of carbonyl (C=O) groups excluding carboxylic acids is 1. The van der Waals surface area contributed by atoms with Gasteiger partial charge in [0.2, 0.25) is 10.0 Å². The van der Waals surface area contributed by atoms with Gasteiger partial charge < -0.3 is 5.32 Å². The van der Waals surface area contributed by atoms with Crippen LogP contribution in [0.3, 0.4) is 0 Å². The van der Waals surface area contributed by atoms with E-state index in [1.165, 1.54) is 0 Å². The van der Waals surface area contributed by atoms with Crippen LogP contribution in [0.1, 0.15) is 53.7 Å². The average Bonchev–Trinajstić information content (AvgIpc) is 2.75. The summed E-state index contributed by atoms with van der Waals surface area (Å²) in [6, 6.07) is 13.8. The molecule has 0 radical (unpaired) electrons. The van der Waals surface area contributed by atoms with Gasteiger partial charge in [0.25, 0.3) is 5.91 Å². The molecule has 0 unspecified atom stereocenters. The summed E-state index contributed by atoms with van der Waals surface area (Å²) in [5, 5.41) is 3.09. The lowest BCUT2D eigenvalue weighted by molar-refractivity contribution is 0.102. The van der Waals surface area contributed by atoms with Crippen LogP contribution in [-0.2, 0) is 16.6 Å². The van der Waals surface area contributed by atoms with Gasteiger partial charge in [0, 0.05) is 44.0 Å². The molecule has 0 aliphatic carbocycles. The van der Waals surface area contributed by atoms with E-state index in [-0.39, 0.29) is 11.7 Å². The normalized spacial score (nSPS) is 15.9. The quantitative estimate of drug-likeness (QED) is 0.706. The maximum atomic E-state index is 12.8. The summed E-state index contributed by atoms with van der Waals surface area (Å²) >= 11 is 0. The van der Waals surface area contributed by atoms with Gasteiger partial charge in [-0.15, -0.1) is 0 Å². The highest BCUT2D eigenvalue weighted by Gasteiger charge is 2.25. The number of aryl methyl sites for hydroxylation is 1. The maximum Gasteiger partial charge on any atom is 0.255 e.